The van der Waals surface area contributed by atoms with E-state index in [0.717, 1.165) is 5.56 Å². The maximum Gasteiger partial charge on any atom is 0.244 e. The molecule has 0 radical (unpaired) electrons. The number of ether oxygens (including phenoxy) is 2. The molecule has 0 aliphatic carbocycles. The van der Waals surface area contributed by atoms with E-state index in [4.69, 9.17) is 9.47 Å². The zero-order valence-electron chi connectivity index (χ0n) is 14.2. The summed E-state index contributed by atoms with van der Waals surface area (Å²) >= 11 is 0. The summed E-state index contributed by atoms with van der Waals surface area (Å²) in [5, 5.41) is 5.30. The zero-order chi connectivity index (χ0) is 17.5. The van der Waals surface area contributed by atoms with Crippen LogP contribution >= 0.6 is 0 Å². The highest BCUT2D eigenvalue weighted by Gasteiger charge is 2.13. The van der Waals surface area contributed by atoms with Crippen molar-refractivity contribution in [1.29, 1.82) is 0 Å². The highest BCUT2D eigenvalue weighted by atomic mass is 16.5. The van der Waals surface area contributed by atoms with Gasteiger partial charge in [0.2, 0.25) is 11.8 Å². The summed E-state index contributed by atoms with van der Waals surface area (Å²) in [5.41, 5.74) is 0.435. The molecule has 0 aliphatic heterocycles. The number of benzene rings is 1. The van der Waals surface area contributed by atoms with E-state index >= 15 is 0 Å². The maximum atomic E-state index is 11.8. The first kappa shape index (κ1) is 18.5. The summed E-state index contributed by atoms with van der Waals surface area (Å²) < 4.78 is 10.3. The van der Waals surface area contributed by atoms with Gasteiger partial charge in [0.25, 0.3) is 0 Å². The van der Waals surface area contributed by atoms with Crippen LogP contribution in [0.4, 0.5) is 0 Å². The van der Waals surface area contributed by atoms with Crippen LogP contribution in [0.2, 0.25) is 0 Å². The fourth-order valence-electron chi connectivity index (χ4n) is 1.79. The van der Waals surface area contributed by atoms with Crippen LogP contribution in [0.5, 0.6) is 11.5 Å². The third kappa shape index (κ3) is 7.35. The van der Waals surface area contributed by atoms with Crippen LogP contribution in [-0.4, -0.2) is 38.1 Å². The number of carbonyl (C=O) groups excluding carboxylic acids is 2. The SMILES string of the molecule is COc1cc(/C=C/C(=O)NCC(=O)NC(C)(C)C)cc(OC)c1. The van der Waals surface area contributed by atoms with Gasteiger partial charge in [0, 0.05) is 17.7 Å². The van der Waals surface area contributed by atoms with E-state index in [2.05, 4.69) is 10.6 Å². The molecule has 0 bridgehead atoms. The Hall–Kier alpha value is -2.50. The average Bonchev–Trinajstić information content (AvgIpc) is 2.48. The second-order valence-electron chi connectivity index (χ2n) is 6.00. The van der Waals surface area contributed by atoms with Gasteiger partial charge in [0.15, 0.2) is 0 Å². The van der Waals surface area contributed by atoms with Gasteiger partial charge in [-0.15, -0.1) is 0 Å². The Morgan fingerprint density at radius 3 is 2.13 bits per heavy atom. The van der Waals surface area contributed by atoms with Crippen molar-refractivity contribution in [3.05, 3.63) is 29.8 Å². The maximum absolute atomic E-state index is 11.8. The highest BCUT2D eigenvalue weighted by Crippen LogP contribution is 2.23. The van der Waals surface area contributed by atoms with Crippen molar-refractivity contribution in [1.82, 2.24) is 10.6 Å². The molecular formula is C17H24N2O4. The molecule has 0 spiro atoms. The Labute approximate surface area is 136 Å². The van der Waals surface area contributed by atoms with Crippen LogP contribution in [0.25, 0.3) is 6.08 Å². The number of hydrogen-bond donors (Lipinski definition) is 2. The summed E-state index contributed by atoms with van der Waals surface area (Å²) in [6.07, 6.45) is 2.99. The lowest BCUT2D eigenvalue weighted by atomic mass is 10.1. The van der Waals surface area contributed by atoms with Crippen molar-refractivity contribution in [3.63, 3.8) is 0 Å². The van der Waals surface area contributed by atoms with Crippen molar-refractivity contribution in [2.24, 2.45) is 0 Å². The van der Waals surface area contributed by atoms with Gasteiger partial charge in [-0.2, -0.15) is 0 Å². The molecule has 2 N–H and O–H groups in total. The Morgan fingerprint density at radius 1 is 1.09 bits per heavy atom. The minimum atomic E-state index is -0.351. The van der Waals surface area contributed by atoms with Crippen molar-refractivity contribution >= 4 is 17.9 Å². The molecule has 0 saturated carbocycles. The van der Waals surface area contributed by atoms with E-state index in [0.29, 0.717) is 11.5 Å². The molecule has 1 aromatic carbocycles. The summed E-state index contributed by atoms with van der Waals surface area (Å²) in [6, 6.07) is 5.30. The fraction of sp³-hybridized carbons (Fsp3) is 0.412. The first-order valence-corrected chi connectivity index (χ1v) is 7.23. The van der Waals surface area contributed by atoms with Crippen molar-refractivity contribution in [2.75, 3.05) is 20.8 Å². The van der Waals surface area contributed by atoms with Gasteiger partial charge in [-0.1, -0.05) is 0 Å². The Bertz CT molecular complexity index is 566. The molecule has 0 aliphatic rings. The Morgan fingerprint density at radius 2 is 1.65 bits per heavy atom. The van der Waals surface area contributed by atoms with E-state index in [9.17, 15) is 9.59 Å². The lowest BCUT2D eigenvalue weighted by Crippen LogP contribution is -2.45. The fourth-order valence-corrected chi connectivity index (χ4v) is 1.79. The van der Waals surface area contributed by atoms with E-state index in [1.807, 2.05) is 20.8 Å². The van der Waals surface area contributed by atoms with Crippen LogP contribution in [-0.2, 0) is 9.59 Å². The number of methoxy groups -OCH3 is 2. The predicted molar refractivity (Wildman–Crippen MR) is 89.5 cm³/mol. The molecule has 0 atom stereocenters. The summed E-state index contributed by atoms with van der Waals surface area (Å²) in [4.78, 5) is 23.4. The van der Waals surface area contributed by atoms with Crippen molar-refractivity contribution in [3.8, 4) is 11.5 Å². The summed E-state index contributed by atoms with van der Waals surface area (Å²) in [5.74, 6) is 0.682. The molecule has 2 amide bonds. The van der Waals surface area contributed by atoms with Gasteiger partial charge in [0.05, 0.1) is 20.8 Å². The number of rotatable bonds is 6. The predicted octanol–water partition coefficient (Wildman–Crippen LogP) is 1.75. The lowest BCUT2D eigenvalue weighted by Gasteiger charge is -2.20. The molecule has 0 heterocycles. The van der Waals surface area contributed by atoms with Crippen LogP contribution in [0.15, 0.2) is 24.3 Å². The van der Waals surface area contributed by atoms with Crippen LogP contribution < -0.4 is 20.1 Å². The average molecular weight is 320 g/mol. The molecule has 0 unspecified atom stereocenters. The number of amides is 2. The third-order valence-corrected chi connectivity index (χ3v) is 2.74. The minimum absolute atomic E-state index is 0.0676. The lowest BCUT2D eigenvalue weighted by molar-refractivity contribution is -0.124. The molecule has 6 heteroatoms. The summed E-state index contributed by atoms with van der Waals surface area (Å²) in [7, 11) is 3.12. The molecule has 1 aromatic rings. The zero-order valence-corrected chi connectivity index (χ0v) is 14.2. The van der Waals surface area contributed by atoms with Gasteiger partial charge < -0.3 is 20.1 Å². The first-order valence-electron chi connectivity index (χ1n) is 7.23. The normalized spacial score (nSPS) is 11.2. The van der Waals surface area contributed by atoms with E-state index < -0.39 is 0 Å². The highest BCUT2D eigenvalue weighted by molar-refractivity contribution is 5.94. The van der Waals surface area contributed by atoms with Gasteiger partial charge in [-0.05, 0) is 44.5 Å². The molecule has 23 heavy (non-hydrogen) atoms. The number of carbonyl (C=O) groups is 2. The standard InChI is InChI=1S/C17H24N2O4/c1-17(2,3)19-16(21)11-18-15(20)7-6-12-8-13(22-4)10-14(9-12)23-5/h6-10H,11H2,1-5H3,(H,18,20)(H,19,21)/b7-6+. The molecule has 6 nitrogen and oxygen atoms in total. The molecule has 1 rings (SSSR count). The van der Waals surface area contributed by atoms with Gasteiger partial charge >= 0.3 is 0 Å². The van der Waals surface area contributed by atoms with Gasteiger partial charge in [-0.25, -0.2) is 0 Å². The summed E-state index contributed by atoms with van der Waals surface area (Å²) in [6.45, 7) is 5.57. The van der Waals surface area contributed by atoms with E-state index in [1.54, 1.807) is 38.5 Å². The van der Waals surface area contributed by atoms with Crippen molar-refractivity contribution < 1.29 is 19.1 Å². The van der Waals surface area contributed by atoms with Crippen LogP contribution in [0.1, 0.15) is 26.3 Å². The van der Waals surface area contributed by atoms with Crippen LogP contribution in [0, 0.1) is 0 Å². The largest absolute Gasteiger partial charge is 0.497 e. The molecule has 0 aromatic heterocycles. The van der Waals surface area contributed by atoms with E-state index in [-0.39, 0.29) is 23.9 Å². The molecule has 126 valence electrons. The van der Waals surface area contributed by atoms with Gasteiger partial charge in [0.1, 0.15) is 11.5 Å². The second kappa shape index (κ2) is 8.22. The second-order valence-corrected chi connectivity index (χ2v) is 6.00. The topological polar surface area (TPSA) is 76.7 Å². The Kier molecular flexibility index (Phi) is 6.63. The van der Waals surface area contributed by atoms with Crippen molar-refractivity contribution in [2.45, 2.75) is 26.3 Å². The molecular weight excluding hydrogens is 296 g/mol. The van der Waals surface area contributed by atoms with Gasteiger partial charge in [-0.3, -0.25) is 9.59 Å². The number of hydrogen-bond acceptors (Lipinski definition) is 4. The first-order chi connectivity index (χ1) is 10.7. The molecule has 0 saturated heterocycles. The smallest absolute Gasteiger partial charge is 0.244 e. The third-order valence-electron chi connectivity index (χ3n) is 2.74. The quantitative estimate of drug-likeness (QED) is 0.783. The molecule has 0 fully saturated rings. The Balaban J connectivity index is 2.60. The van der Waals surface area contributed by atoms with E-state index in [1.165, 1.54) is 6.08 Å². The number of nitrogens with one attached hydrogen (secondary N) is 2. The monoisotopic (exact) mass is 320 g/mol. The minimum Gasteiger partial charge on any atom is -0.497 e. The van der Waals surface area contributed by atoms with Crippen LogP contribution in [0.3, 0.4) is 0 Å².